The van der Waals surface area contributed by atoms with E-state index < -0.39 is 6.09 Å². The van der Waals surface area contributed by atoms with E-state index in [4.69, 9.17) is 16.3 Å². The number of anilines is 1. The molecule has 0 radical (unpaired) electrons. The number of rotatable bonds is 5. The molecule has 4 rings (SSSR count). The Morgan fingerprint density at radius 1 is 1.06 bits per heavy atom. The van der Waals surface area contributed by atoms with Gasteiger partial charge in [0.25, 0.3) is 11.5 Å². The first-order valence-electron chi connectivity index (χ1n) is 11.2. The highest BCUT2D eigenvalue weighted by atomic mass is 35.5. The van der Waals surface area contributed by atoms with Crippen LogP contribution in [0.2, 0.25) is 5.02 Å². The van der Waals surface area contributed by atoms with Crippen LogP contribution in [0.1, 0.15) is 42.5 Å². The van der Waals surface area contributed by atoms with Gasteiger partial charge < -0.3 is 20.3 Å². The SMILES string of the molecule is Cn1ncc(N2CC[C@@H](OC(=O)N[C@H]3CC[C@@H](NC(=O)c4ccccc4)CC3)C2)c(Cl)c1=O. The van der Waals surface area contributed by atoms with Gasteiger partial charge in [-0.2, -0.15) is 5.10 Å². The summed E-state index contributed by atoms with van der Waals surface area (Å²) >= 11 is 6.18. The predicted molar refractivity (Wildman–Crippen MR) is 125 cm³/mol. The highest BCUT2D eigenvalue weighted by Gasteiger charge is 2.30. The molecule has 1 aromatic carbocycles. The molecular weight excluding hydrogens is 446 g/mol. The third kappa shape index (κ3) is 5.65. The summed E-state index contributed by atoms with van der Waals surface area (Å²) in [6.45, 7) is 1.08. The van der Waals surface area contributed by atoms with Gasteiger partial charge in [-0.15, -0.1) is 0 Å². The van der Waals surface area contributed by atoms with E-state index in [1.165, 1.54) is 4.68 Å². The number of halogens is 1. The van der Waals surface area contributed by atoms with Crippen LogP contribution in [-0.2, 0) is 11.8 Å². The summed E-state index contributed by atoms with van der Waals surface area (Å²) in [5.41, 5.74) is 0.855. The smallest absolute Gasteiger partial charge is 0.407 e. The van der Waals surface area contributed by atoms with E-state index in [1.54, 1.807) is 25.4 Å². The second-order valence-corrected chi connectivity index (χ2v) is 8.94. The molecule has 0 spiro atoms. The average molecular weight is 474 g/mol. The Morgan fingerprint density at radius 3 is 2.42 bits per heavy atom. The Balaban J connectivity index is 1.20. The van der Waals surface area contributed by atoms with Crippen molar-refractivity contribution in [2.24, 2.45) is 7.05 Å². The van der Waals surface area contributed by atoms with Crippen LogP contribution in [-0.4, -0.2) is 53.1 Å². The maximum absolute atomic E-state index is 12.4. The molecule has 176 valence electrons. The van der Waals surface area contributed by atoms with Gasteiger partial charge in [0.15, 0.2) is 0 Å². The Bertz CT molecular complexity index is 1050. The minimum absolute atomic E-state index is 0.0238. The summed E-state index contributed by atoms with van der Waals surface area (Å²) in [5.74, 6) is -0.0659. The van der Waals surface area contributed by atoms with Gasteiger partial charge in [0.05, 0.1) is 18.4 Å². The number of carbonyl (C=O) groups excluding carboxylic acids is 2. The molecule has 1 saturated carbocycles. The zero-order valence-corrected chi connectivity index (χ0v) is 19.3. The van der Waals surface area contributed by atoms with Crippen LogP contribution in [0, 0.1) is 0 Å². The predicted octanol–water partition coefficient (Wildman–Crippen LogP) is 2.48. The van der Waals surface area contributed by atoms with Crippen LogP contribution >= 0.6 is 11.6 Å². The normalized spacial score (nSPS) is 22.6. The number of ether oxygens (including phenoxy) is 1. The van der Waals surface area contributed by atoms with E-state index in [-0.39, 0.29) is 34.7 Å². The van der Waals surface area contributed by atoms with Gasteiger partial charge in [0.2, 0.25) is 0 Å². The van der Waals surface area contributed by atoms with Crippen molar-refractivity contribution in [1.29, 1.82) is 0 Å². The standard InChI is InChI=1S/C23H28ClN5O4/c1-28-22(31)20(24)19(13-25-28)29-12-11-18(14-29)33-23(32)27-17-9-7-16(8-10-17)26-21(30)15-5-3-2-4-6-15/h2-6,13,16-18H,7-12,14H2,1H3,(H,26,30)(H,27,32)/t16-,17+,18-/m1/s1. The number of hydrogen-bond donors (Lipinski definition) is 2. The van der Waals surface area contributed by atoms with E-state index in [0.29, 0.717) is 30.8 Å². The van der Waals surface area contributed by atoms with Crippen molar-refractivity contribution in [3.05, 3.63) is 57.5 Å². The maximum atomic E-state index is 12.4. The van der Waals surface area contributed by atoms with Crippen LogP contribution in [0.5, 0.6) is 0 Å². The molecule has 2 amide bonds. The molecule has 2 N–H and O–H groups in total. The molecule has 2 fully saturated rings. The molecule has 0 bridgehead atoms. The number of aromatic nitrogens is 2. The molecule has 2 aromatic rings. The monoisotopic (exact) mass is 473 g/mol. The quantitative estimate of drug-likeness (QED) is 0.691. The van der Waals surface area contributed by atoms with Crippen LogP contribution < -0.4 is 21.1 Å². The molecule has 1 atom stereocenters. The zero-order chi connectivity index (χ0) is 23.4. The first-order valence-corrected chi connectivity index (χ1v) is 11.6. The lowest BCUT2D eigenvalue weighted by atomic mass is 9.91. The minimum atomic E-state index is -0.438. The third-order valence-corrected chi connectivity index (χ3v) is 6.59. The zero-order valence-electron chi connectivity index (χ0n) is 18.5. The molecule has 1 aromatic heterocycles. The Kier molecular flexibility index (Phi) is 7.17. The van der Waals surface area contributed by atoms with E-state index in [1.807, 2.05) is 23.1 Å². The Hall–Kier alpha value is -3.07. The van der Waals surface area contributed by atoms with Crippen molar-refractivity contribution in [3.8, 4) is 0 Å². The molecule has 9 nitrogen and oxygen atoms in total. The van der Waals surface area contributed by atoms with Crippen LogP contribution in [0.25, 0.3) is 0 Å². The molecule has 2 heterocycles. The summed E-state index contributed by atoms with van der Waals surface area (Å²) in [6.07, 6.45) is 4.64. The number of nitrogens with one attached hydrogen (secondary N) is 2. The lowest BCUT2D eigenvalue weighted by Gasteiger charge is -2.29. The van der Waals surface area contributed by atoms with E-state index >= 15 is 0 Å². The molecular formula is C23H28ClN5O4. The van der Waals surface area contributed by atoms with Crippen LogP contribution in [0.3, 0.4) is 0 Å². The maximum Gasteiger partial charge on any atom is 0.407 e. The topological polar surface area (TPSA) is 106 Å². The van der Waals surface area contributed by atoms with Crippen molar-refractivity contribution >= 4 is 29.3 Å². The first-order chi connectivity index (χ1) is 15.9. The van der Waals surface area contributed by atoms with Crippen molar-refractivity contribution in [2.45, 2.75) is 50.3 Å². The highest BCUT2D eigenvalue weighted by Crippen LogP contribution is 2.26. The Morgan fingerprint density at radius 2 is 1.73 bits per heavy atom. The van der Waals surface area contributed by atoms with Crippen molar-refractivity contribution < 1.29 is 14.3 Å². The summed E-state index contributed by atoms with van der Waals surface area (Å²) < 4.78 is 6.79. The van der Waals surface area contributed by atoms with Gasteiger partial charge in [0.1, 0.15) is 11.1 Å². The molecule has 1 aliphatic carbocycles. The number of nitrogens with zero attached hydrogens (tertiary/aromatic N) is 3. The highest BCUT2D eigenvalue weighted by molar-refractivity contribution is 6.33. The summed E-state index contributed by atoms with van der Waals surface area (Å²) in [6, 6.07) is 9.29. The molecule has 1 saturated heterocycles. The molecule has 33 heavy (non-hydrogen) atoms. The average Bonchev–Trinajstić information content (AvgIpc) is 3.27. The van der Waals surface area contributed by atoms with Crippen molar-refractivity contribution in [1.82, 2.24) is 20.4 Å². The number of hydrogen-bond acceptors (Lipinski definition) is 6. The van der Waals surface area contributed by atoms with E-state index in [2.05, 4.69) is 15.7 Å². The van der Waals surface area contributed by atoms with Gasteiger partial charge in [-0.05, 0) is 37.8 Å². The minimum Gasteiger partial charge on any atom is -0.444 e. The largest absolute Gasteiger partial charge is 0.444 e. The lowest BCUT2D eigenvalue weighted by molar-refractivity contribution is 0.0909. The van der Waals surface area contributed by atoms with Crippen molar-refractivity contribution in [3.63, 3.8) is 0 Å². The number of aryl methyl sites for hydroxylation is 1. The summed E-state index contributed by atoms with van der Waals surface area (Å²) in [5, 5.41) is 10.2. The van der Waals surface area contributed by atoms with Crippen LogP contribution in [0.15, 0.2) is 41.3 Å². The van der Waals surface area contributed by atoms with Gasteiger partial charge in [-0.1, -0.05) is 29.8 Å². The number of amides is 2. The lowest BCUT2D eigenvalue weighted by Crippen LogP contribution is -2.44. The molecule has 10 heteroatoms. The van der Waals surface area contributed by atoms with Gasteiger partial charge >= 0.3 is 6.09 Å². The fraction of sp³-hybridized carbons (Fsp3) is 0.478. The molecule has 2 aliphatic rings. The van der Waals surface area contributed by atoms with Crippen LogP contribution in [0.4, 0.5) is 10.5 Å². The van der Waals surface area contributed by atoms with E-state index in [9.17, 15) is 14.4 Å². The van der Waals surface area contributed by atoms with Crippen molar-refractivity contribution in [2.75, 3.05) is 18.0 Å². The number of benzene rings is 1. The van der Waals surface area contributed by atoms with Gasteiger partial charge in [-0.3, -0.25) is 9.59 Å². The Labute approximate surface area is 197 Å². The first kappa shape index (κ1) is 23.1. The molecule has 1 aliphatic heterocycles. The number of carbonyl (C=O) groups is 2. The number of alkyl carbamates (subject to hydrolysis) is 1. The van der Waals surface area contributed by atoms with E-state index in [0.717, 1.165) is 25.7 Å². The van der Waals surface area contributed by atoms with Gasteiger partial charge in [-0.25, -0.2) is 9.48 Å². The second kappa shape index (κ2) is 10.2. The second-order valence-electron chi connectivity index (χ2n) is 8.57. The van der Waals surface area contributed by atoms with Gasteiger partial charge in [0, 0.05) is 37.7 Å². The molecule has 0 unspecified atom stereocenters. The fourth-order valence-corrected chi connectivity index (χ4v) is 4.65. The summed E-state index contributed by atoms with van der Waals surface area (Å²) in [4.78, 5) is 38.6. The third-order valence-electron chi connectivity index (χ3n) is 6.24. The fourth-order valence-electron chi connectivity index (χ4n) is 4.36. The summed E-state index contributed by atoms with van der Waals surface area (Å²) in [7, 11) is 1.54.